The van der Waals surface area contributed by atoms with Gasteiger partial charge in [0.15, 0.2) is 0 Å². The van der Waals surface area contributed by atoms with Crippen molar-refractivity contribution in [2.24, 2.45) is 0 Å². The van der Waals surface area contributed by atoms with E-state index in [9.17, 15) is 9.90 Å². The van der Waals surface area contributed by atoms with E-state index in [1.165, 1.54) is 11.1 Å². The van der Waals surface area contributed by atoms with Crippen LogP contribution >= 0.6 is 0 Å². The fourth-order valence-electron chi connectivity index (χ4n) is 3.28. The van der Waals surface area contributed by atoms with Gasteiger partial charge in [0.25, 0.3) is 0 Å². The molecule has 0 radical (unpaired) electrons. The zero-order chi connectivity index (χ0) is 16.8. The largest absolute Gasteiger partial charge is 0.383 e. The maximum Gasteiger partial charge on any atom is 0.314 e. The maximum atomic E-state index is 11.9. The Labute approximate surface area is 142 Å². The van der Waals surface area contributed by atoms with Gasteiger partial charge in [-0.25, -0.2) is 4.79 Å². The summed E-state index contributed by atoms with van der Waals surface area (Å²) in [5.41, 5.74) is 2.44. The van der Waals surface area contributed by atoms with Crippen molar-refractivity contribution in [3.63, 3.8) is 0 Å². The van der Waals surface area contributed by atoms with Crippen LogP contribution in [0, 0.1) is 0 Å². The first-order valence-corrected chi connectivity index (χ1v) is 8.54. The van der Waals surface area contributed by atoms with Crippen LogP contribution in [0.5, 0.6) is 0 Å². The Morgan fingerprint density at radius 1 is 1.04 bits per heavy atom. The topological polar surface area (TPSA) is 61.4 Å². The van der Waals surface area contributed by atoms with Gasteiger partial charge in [0, 0.05) is 6.54 Å². The average Bonchev–Trinajstić information content (AvgIpc) is 2.96. The Hall–Kier alpha value is -2.33. The van der Waals surface area contributed by atoms with Crippen LogP contribution < -0.4 is 10.6 Å². The Morgan fingerprint density at radius 2 is 1.79 bits per heavy atom. The van der Waals surface area contributed by atoms with Crippen molar-refractivity contribution in [1.82, 2.24) is 10.6 Å². The molecule has 24 heavy (non-hydrogen) atoms. The van der Waals surface area contributed by atoms with Crippen LogP contribution in [0.2, 0.25) is 0 Å². The molecule has 3 N–H and O–H groups in total. The fraction of sp³-hybridized carbons (Fsp3) is 0.350. The van der Waals surface area contributed by atoms with Crippen LogP contribution in [-0.4, -0.2) is 24.2 Å². The first-order chi connectivity index (χ1) is 11.7. The highest BCUT2D eigenvalue weighted by molar-refractivity contribution is 5.73. The zero-order valence-electron chi connectivity index (χ0n) is 13.8. The normalized spacial score (nSPS) is 18.9. The molecule has 0 saturated carbocycles. The lowest BCUT2D eigenvalue weighted by atomic mass is 9.96. The summed E-state index contributed by atoms with van der Waals surface area (Å²) in [5.74, 6) is 0. The van der Waals surface area contributed by atoms with Gasteiger partial charge in [-0.05, 0) is 42.4 Å². The molecule has 1 unspecified atom stereocenters. The van der Waals surface area contributed by atoms with Crippen molar-refractivity contribution >= 4 is 6.03 Å². The predicted molar refractivity (Wildman–Crippen MR) is 94.8 cm³/mol. The molecule has 0 fully saturated rings. The van der Waals surface area contributed by atoms with Crippen LogP contribution in [-0.2, 0) is 18.4 Å². The van der Waals surface area contributed by atoms with Gasteiger partial charge in [-0.2, -0.15) is 0 Å². The van der Waals surface area contributed by atoms with Crippen molar-refractivity contribution in [2.45, 2.75) is 31.3 Å². The molecule has 2 aromatic rings. The predicted octanol–water partition coefficient (Wildman–Crippen LogP) is 2.75. The quantitative estimate of drug-likeness (QED) is 0.716. The Bertz CT molecular complexity index is 687. The van der Waals surface area contributed by atoms with Gasteiger partial charge in [0.05, 0.1) is 6.54 Å². The lowest BCUT2D eigenvalue weighted by Crippen LogP contribution is -2.44. The number of amides is 2. The van der Waals surface area contributed by atoms with E-state index in [2.05, 4.69) is 22.8 Å². The van der Waals surface area contributed by atoms with E-state index < -0.39 is 5.60 Å². The van der Waals surface area contributed by atoms with E-state index in [4.69, 9.17) is 0 Å². The second-order valence-electron chi connectivity index (χ2n) is 6.39. The number of nitrogens with one attached hydrogen (secondary N) is 2. The molecule has 2 amide bonds. The second-order valence-corrected chi connectivity index (χ2v) is 6.39. The molecule has 1 aliphatic rings. The molecule has 3 rings (SSSR count). The number of rotatable bonds is 6. The molecule has 0 spiro atoms. The molecule has 0 aromatic heterocycles. The summed E-state index contributed by atoms with van der Waals surface area (Å²) in [6.07, 6.45) is 3.34. The van der Waals surface area contributed by atoms with Gasteiger partial charge in [0.2, 0.25) is 0 Å². The number of aryl methyl sites for hydroxylation is 2. The first kappa shape index (κ1) is 16.5. The van der Waals surface area contributed by atoms with Crippen LogP contribution in [0.3, 0.4) is 0 Å². The standard InChI is InChI=1S/C20H24N2O2/c23-19(21-14-6-9-16-7-2-1-3-8-16)22-15-20(24)13-12-17-10-4-5-11-18(17)20/h1-5,7-8,10-11,24H,6,9,12-15H2,(H2,21,22,23). The van der Waals surface area contributed by atoms with Crippen molar-refractivity contribution in [3.8, 4) is 0 Å². The summed E-state index contributed by atoms with van der Waals surface area (Å²) in [7, 11) is 0. The number of urea groups is 1. The third-order valence-corrected chi connectivity index (χ3v) is 4.64. The van der Waals surface area contributed by atoms with E-state index in [1.807, 2.05) is 42.5 Å². The van der Waals surface area contributed by atoms with Crippen LogP contribution in [0.15, 0.2) is 54.6 Å². The lowest BCUT2D eigenvalue weighted by Gasteiger charge is -2.24. The van der Waals surface area contributed by atoms with Crippen molar-refractivity contribution < 1.29 is 9.90 Å². The second kappa shape index (κ2) is 7.49. The third kappa shape index (κ3) is 3.95. The van der Waals surface area contributed by atoms with E-state index >= 15 is 0 Å². The summed E-state index contributed by atoms with van der Waals surface area (Å²) < 4.78 is 0. The highest BCUT2D eigenvalue weighted by atomic mass is 16.3. The number of hydrogen-bond donors (Lipinski definition) is 3. The number of aliphatic hydroxyl groups is 1. The highest BCUT2D eigenvalue weighted by Gasteiger charge is 2.36. The van der Waals surface area contributed by atoms with E-state index in [0.717, 1.165) is 24.8 Å². The zero-order valence-corrected chi connectivity index (χ0v) is 13.8. The van der Waals surface area contributed by atoms with Crippen molar-refractivity contribution in [3.05, 3.63) is 71.3 Å². The summed E-state index contributed by atoms with van der Waals surface area (Å²) in [5, 5.41) is 16.4. The van der Waals surface area contributed by atoms with Gasteiger partial charge < -0.3 is 15.7 Å². The lowest BCUT2D eigenvalue weighted by molar-refractivity contribution is 0.0412. The Morgan fingerprint density at radius 3 is 2.62 bits per heavy atom. The Balaban J connectivity index is 1.40. The van der Waals surface area contributed by atoms with Crippen molar-refractivity contribution in [1.29, 1.82) is 0 Å². The summed E-state index contributed by atoms with van der Waals surface area (Å²) >= 11 is 0. The van der Waals surface area contributed by atoms with Crippen molar-refractivity contribution in [2.75, 3.05) is 13.1 Å². The van der Waals surface area contributed by atoms with Gasteiger partial charge in [-0.3, -0.25) is 0 Å². The molecule has 0 aliphatic heterocycles. The minimum Gasteiger partial charge on any atom is -0.383 e. The fourth-order valence-corrected chi connectivity index (χ4v) is 3.28. The van der Waals surface area contributed by atoms with Gasteiger partial charge in [-0.1, -0.05) is 54.6 Å². The number of carbonyl (C=O) groups excluding carboxylic acids is 1. The molecule has 4 heteroatoms. The van der Waals surface area contributed by atoms with E-state index in [-0.39, 0.29) is 12.6 Å². The molecule has 1 aliphatic carbocycles. The van der Waals surface area contributed by atoms with Crippen LogP contribution in [0.4, 0.5) is 4.79 Å². The number of carbonyl (C=O) groups is 1. The van der Waals surface area contributed by atoms with Crippen LogP contribution in [0.1, 0.15) is 29.5 Å². The highest BCUT2D eigenvalue weighted by Crippen LogP contribution is 2.35. The number of benzene rings is 2. The van der Waals surface area contributed by atoms with E-state index in [1.54, 1.807) is 0 Å². The van der Waals surface area contributed by atoms with E-state index in [0.29, 0.717) is 13.0 Å². The summed E-state index contributed by atoms with van der Waals surface area (Å²) in [6.45, 7) is 0.865. The molecule has 0 heterocycles. The minimum absolute atomic E-state index is 0.221. The third-order valence-electron chi connectivity index (χ3n) is 4.64. The number of fused-ring (bicyclic) bond motifs is 1. The smallest absolute Gasteiger partial charge is 0.314 e. The average molecular weight is 324 g/mol. The molecular formula is C20H24N2O2. The van der Waals surface area contributed by atoms with Gasteiger partial charge in [0.1, 0.15) is 5.60 Å². The molecule has 4 nitrogen and oxygen atoms in total. The summed E-state index contributed by atoms with van der Waals surface area (Å²) in [6, 6.07) is 17.9. The molecule has 0 bridgehead atoms. The summed E-state index contributed by atoms with van der Waals surface area (Å²) in [4.78, 5) is 11.9. The maximum absolute atomic E-state index is 11.9. The SMILES string of the molecule is O=C(NCCCc1ccccc1)NCC1(O)CCc2ccccc21. The first-order valence-electron chi connectivity index (χ1n) is 8.54. The molecule has 1 atom stereocenters. The molecular weight excluding hydrogens is 300 g/mol. The van der Waals surface area contributed by atoms with Gasteiger partial charge >= 0.3 is 6.03 Å². The van der Waals surface area contributed by atoms with Gasteiger partial charge in [-0.15, -0.1) is 0 Å². The number of hydrogen-bond acceptors (Lipinski definition) is 2. The molecule has 0 saturated heterocycles. The monoisotopic (exact) mass is 324 g/mol. The molecule has 126 valence electrons. The minimum atomic E-state index is -0.946. The Kier molecular flexibility index (Phi) is 5.16. The molecule has 2 aromatic carbocycles. The van der Waals surface area contributed by atoms with Crippen LogP contribution in [0.25, 0.3) is 0 Å².